The Morgan fingerprint density at radius 2 is 2.00 bits per heavy atom. The molecule has 1 aliphatic rings. The number of hydrogen-bond donors (Lipinski definition) is 0. The fourth-order valence-electron chi connectivity index (χ4n) is 2.62. The van der Waals surface area contributed by atoms with E-state index in [4.69, 9.17) is 4.74 Å². The Morgan fingerprint density at radius 3 is 2.73 bits per heavy atom. The summed E-state index contributed by atoms with van der Waals surface area (Å²) in [6.45, 7) is 0.860. The van der Waals surface area contributed by atoms with Crippen LogP contribution in [0.15, 0.2) is 47.8 Å². The van der Waals surface area contributed by atoms with E-state index in [-0.39, 0.29) is 18.5 Å². The molecule has 22 heavy (non-hydrogen) atoms. The molecule has 0 N–H and O–H groups in total. The lowest BCUT2D eigenvalue weighted by atomic mass is 10.2. The average Bonchev–Trinajstić information content (AvgIpc) is 3.24. The monoisotopic (exact) mass is 315 g/mol. The number of benzene rings is 1. The Hall–Kier alpha value is -2.14. The molecule has 0 aliphatic carbocycles. The molecule has 1 saturated heterocycles. The first kappa shape index (κ1) is 14.8. The number of carbonyl (C=O) groups excluding carboxylic acids is 2. The molecule has 1 fully saturated rings. The molecule has 0 radical (unpaired) electrons. The van der Waals surface area contributed by atoms with Crippen molar-refractivity contribution in [1.82, 2.24) is 4.90 Å². The van der Waals surface area contributed by atoms with E-state index >= 15 is 0 Å². The molecule has 1 aromatic carbocycles. The van der Waals surface area contributed by atoms with Gasteiger partial charge in [-0.25, -0.2) is 4.79 Å². The zero-order chi connectivity index (χ0) is 15.4. The van der Waals surface area contributed by atoms with Gasteiger partial charge in [0.1, 0.15) is 12.6 Å². The van der Waals surface area contributed by atoms with E-state index in [0.717, 1.165) is 12.0 Å². The van der Waals surface area contributed by atoms with Crippen molar-refractivity contribution < 1.29 is 14.3 Å². The summed E-state index contributed by atoms with van der Waals surface area (Å²) in [4.78, 5) is 27.0. The SMILES string of the molecule is O=C(OCc1ccccc1)[C@H]1CCCN1C(=O)c1cccs1. The number of carbonyl (C=O) groups is 2. The van der Waals surface area contributed by atoms with Crippen LogP contribution in [0, 0.1) is 0 Å². The quantitative estimate of drug-likeness (QED) is 0.815. The van der Waals surface area contributed by atoms with Crippen LogP contribution in [0.2, 0.25) is 0 Å². The molecule has 1 aromatic heterocycles. The Kier molecular flexibility index (Phi) is 4.53. The van der Waals surface area contributed by atoms with Crippen molar-refractivity contribution in [3.8, 4) is 0 Å². The van der Waals surface area contributed by atoms with Crippen LogP contribution in [0.1, 0.15) is 28.1 Å². The van der Waals surface area contributed by atoms with Gasteiger partial charge in [0.2, 0.25) is 0 Å². The van der Waals surface area contributed by atoms with Crippen molar-refractivity contribution in [2.45, 2.75) is 25.5 Å². The van der Waals surface area contributed by atoms with E-state index in [1.165, 1.54) is 11.3 Å². The van der Waals surface area contributed by atoms with Crippen molar-refractivity contribution in [2.24, 2.45) is 0 Å². The third-order valence-corrected chi connectivity index (χ3v) is 4.60. The van der Waals surface area contributed by atoms with Crippen molar-refractivity contribution >= 4 is 23.2 Å². The molecule has 1 amide bonds. The first-order chi connectivity index (χ1) is 10.8. The standard InChI is InChI=1S/C17H17NO3S/c19-16(15-9-5-11-22-15)18-10-4-8-14(18)17(20)21-12-13-6-2-1-3-7-13/h1-3,5-7,9,11,14H,4,8,10,12H2/t14-/m1/s1. The van der Waals surface area contributed by atoms with E-state index in [2.05, 4.69) is 0 Å². The summed E-state index contributed by atoms with van der Waals surface area (Å²) in [6, 6.07) is 12.7. The molecule has 2 aromatic rings. The fourth-order valence-corrected chi connectivity index (χ4v) is 3.30. The molecule has 0 spiro atoms. The summed E-state index contributed by atoms with van der Waals surface area (Å²) in [5.41, 5.74) is 0.949. The van der Waals surface area contributed by atoms with Crippen molar-refractivity contribution in [3.63, 3.8) is 0 Å². The molecule has 114 valence electrons. The molecule has 1 atom stereocenters. The number of thiophene rings is 1. The van der Waals surface area contributed by atoms with Crippen LogP contribution in [-0.4, -0.2) is 29.4 Å². The van der Waals surface area contributed by atoms with Crippen LogP contribution in [0.25, 0.3) is 0 Å². The minimum absolute atomic E-state index is 0.0749. The second kappa shape index (κ2) is 6.75. The van der Waals surface area contributed by atoms with Crippen LogP contribution in [0.3, 0.4) is 0 Å². The summed E-state index contributed by atoms with van der Waals surface area (Å²) in [5, 5.41) is 1.87. The molecule has 2 heterocycles. The highest BCUT2D eigenvalue weighted by Crippen LogP contribution is 2.23. The van der Waals surface area contributed by atoms with Crippen molar-refractivity contribution in [2.75, 3.05) is 6.54 Å². The number of likely N-dealkylation sites (tertiary alicyclic amines) is 1. The largest absolute Gasteiger partial charge is 0.459 e. The minimum atomic E-state index is -0.460. The number of hydrogen-bond acceptors (Lipinski definition) is 4. The predicted octanol–water partition coefficient (Wildman–Crippen LogP) is 3.10. The number of esters is 1. The molecule has 4 nitrogen and oxygen atoms in total. The normalized spacial score (nSPS) is 17.5. The van der Waals surface area contributed by atoms with Gasteiger partial charge < -0.3 is 9.64 Å². The van der Waals surface area contributed by atoms with E-state index in [0.29, 0.717) is 17.8 Å². The second-order valence-electron chi connectivity index (χ2n) is 5.23. The first-order valence-electron chi connectivity index (χ1n) is 7.31. The van der Waals surface area contributed by atoms with Gasteiger partial charge in [-0.3, -0.25) is 4.79 Å². The van der Waals surface area contributed by atoms with Crippen LogP contribution in [0.5, 0.6) is 0 Å². The Balaban J connectivity index is 1.62. The molecular weight excluding hydrogens is 298 g/mol. The molecule has 0 bridgehead atoms. The molecule has 3 rings (SSSR count). The highest BCUT2D eigenvalue weighted by atomic mass is 32.1. The number of rotatable bonds is 4. The molecule has 0 unspecified atom stereocenters. The second-order valence-corrected chi connectivity index (χ2v) is 6.17. The highest BCUT2D eigenvalue weighted by Gasteiger charge is 2.35. The van der Waals surface area contributed by atoms with Gasteiger partial charge in [0.05, 0.1) is 4.88 Å². The lowest BCUT2D eigenvalue weighted by Gasteiger charge is -2.22. The van der Waals surface area contributed by atoms with E-state index in [9.17, 15) is 9.59 Å². The topological polar surface area (TPSA) is 46.6 Å². The summed E-state index contributed by atoms with van der Waals surface area (Å²) in [7, 11) is 0. The van der Waals surface area contributed by atoms with Gasteiger partial charge in [0.15, 0.2) is 0 Å². The lowest BCUT2D eigenvalue weighted by Crippen LogP contribution is -2.41. The van der Waals surface area contributed by atoms with Gasteiger partial charge in [-0.1, -0.05) is 36.4 Å². The maximum absolute atomic E-state index is 12.4. The Labute approximate surface area is 133 Å². The van der Waals surface area contributed by atoms with Crippen LogP contribution >= 0.6 is 11.3 Å². The molecule has 5 heteroatoms. The Bertz CT molecular complexity index is 639. The van der Waals surface area contributed by atoms with Gasteiger partial charge >= 0.3 is 5.97 Å². The van der Waals surface area contributed by atoms with Gasteiger partial charge in [-0.15, -0.1) is 11.3 Å². The number of nitrogens with zero attached hydrogens (tertiary/aromatic N) is 1. The number of ether oxygens (including phenoxy) is 1. The van der Waals surface area contributed by atoms with E-state index in [1.54, 1.807) is 11.0 Å². The first-order valence-corrected chi connectivity index (χ1v) is 8.19. The molecular formula is C17H17NO3S. The average molecular weight is 315 g/mol. The zero-order valence-electron chi connectivity index (χ0n) is 12.1. The molecule has 0 saturated carbocycles. The maximum atomic E-state index is 12.4. The van der Waals surface area contributed by atoms with Gasteiger partial charge in [0, 0.05) is 6.54 Å². The van der Waals surface area contributed by atoms with Crippen LogP contribution in [0.4, 0.5) is 0 Å². The van der Waals surface area contributed by atoms with E-state index in [1.807, 2.05) is 41.8 Å². The summed E-state index contributed by atoms with van der Waals surface area (Å²) >= 11 is 1.40. The van der Waals surface area contributed by atoms with Gasteiger partial charge in [-0.2, -0.15) is 0 Å². The minimum Gasteiger partial charge on any atom is -0.459 e. The maximum Gasteiger partial charge on any atom is 0.329 e. The van der Waals surface area contributed by atoms with Gasteiger partial charge in [-0.05, 0) is 29.9 Å². The third kappa shape index (κ3) is 3.20. The predicted molar refractivity (Wildman–Crippen MR) is 84.6 cm³/mol. The zero-order valence-corrected chi connectivity index (χ0v) is 12.9. The summed E-state index contributed by atoms with van der Waals surface area (Å²) in [5.74, 6) is -0.388. The molecule has 1 aliphatic heterocycles. The summed E-state index contributed by atoms with van der Waals surface area (Å²) < 4.78 is 5.38. The van der Waals surface area contributed by atoms with Crippen LogP contribution < -0.4 is 0 Å². The van der Waals surface area contributed by atoms with E-state index < -0.39 is 6.04 Å². The van der Waals surface area contributed by atoms with Crippen LogP contribution in [-0.2, 0) is 16.1 Å². The van der Waals surface area contributed by atoms with Crippen molar-refractivity contribution in [1.29, 1.82) is 0 Å². The lowest BCUT2D eigenvalue weighted by molar-refractivity contribution is -0.149. The Morgan fingerprint density at radius 1 is 1.18 bits per heavy atom. The smallest absolute Gasteiger partial charge is 0.329 e. The summed E-state index contributed by atoms with van der Waals surface area (Å²) in [6.07, 6.45) is 1.51. The third-order valence-electron chi connectivity index (χ3n) is 3.74. The van der Waals surface area contributed by atoms with Gasteiger partial charge in [0.25, 0.3) is 5.91 Å². The fraction of sp³-hybridized carbons (Fsp3) is 0.294. The number of amides is 1. The highest BCUT2D eigenvalue weighted by molar-refractivity contribution is 7.12. The van der Waals surface area contributed by atoms with Crippen molar-refractivity contribution in [3.05, 3.63) is 58.3 Å².